The van der Waals surface area contributed by atoms with E-state index in [2.05, 4.69) is 10.6 Å². The molecule has 0 aromatic heterocycles. The van der Waals surface area contributed by atoms with E-state index in [4.69, 9.17) is 5.73 Å². The van der Waals surface area contributed by atoms with Gasteiger partial charge in [-0.1, -0.05) is 0 Å². The number of amides is 1. The van der Waals surface area contributed by atoms with Gasteiger partial charge in [-0.25, -0.2) is 0 Å². The van der Waals surface area contributed by atoms with Crippen LogP contribution in [0.3, 0.4) is 0 Å². The van der Waals surface area contributed by atoms with Gasteiger partial charge in [-0.15, -0.1) is 12.4 Å². The summed E-state index contributed by atoms with van der Waals surface area (Å²) in [4.78, 5) is 21.3. The van der Waals surface area contributed by atoms with E-state index in [1.165, 1.54) is 12.1 Å². The molecule has 0 fully saturated rings. The second-order valence-electron chi connectivity index (χ2n) is 4.26. The minimum Gasteiger partial charge on any atom is -0.383 e. The lowest BCUT2D eigenvalue weighted by Gasteiger charge is -2.09. The molecular formula is C12H19ClN4O3. The molecule has 0 heterocycles. The Balaban J connectivity index is 0.00000361. The summed E-state index contributed by atoms with van der Waals surface area (Å²) in [6, 6.07) is 5.96. The maximum Gasteiger partial charge on any atom is 0.269 e. The van der Waals surface area contributed by atoms with Crippen LogP contribution in [0.4, 0.5) is 11.4 Å². The van der Waals surface area contributed by atoms with Crippen LogP contribution in [0, 0.1) is 10.1 Å². The number of carbonyl (C=O) groups excluding carboxylic acids is 1. The normalized spacial score (nSPS) is 11.1. The highest BCUT2D eigenvalue weighted by Crippen LogP contribution is 2.14. The van der Waals surface area contributed by atoms with Crippen LogP contribution in [0.1, 0.15) is 13.3 Å². The maximum absolute atomic E-state index is 11.3. The predicted octanol–water partition coefficient (Wildman–Crippen LogP) is 1.28. The van der Waals surface area contributed by atoms with Gasteiger partial charge in [0.2, 0.25) is 5.91 Å². The zero-order valence-corrected chi connectivity index (χ0v) is 12.0. The van der Waals surface area contributed by atoms with Crippen molar-refractivity contribution in [2.75, 3.05) is 18.4 Å². The first-order valence-electron chi connectivity index (χ1n) is 5.99. The highest BCUT2D eigenvalue weighted by atomic mass is 35.5. The van der Waals surface area contributed by atoms with Crippen LogP contribution >= 0.6 is 12.4 Å². The van der Waals surface area contributed by atoms with Crippen molar-refractivity contribution in [1.29, 1.82) is 0 Å². The van der Waals surface area contributed by atoms with Crippen molar-refractivity contribution in [3.8, 4) is 0 Å². The lowest BCUT2D eigenvalue weighted by Crippen LogP contribution is -2.32. The van der Waals surface area contributed by atoms with Crippen molar-refractivity contribution >= 4 is 29.7 Å². The molecule has 0 saturated carbocycles. The van der Waals surface area contributed by atoms with E-state index in [1.54, 1.807) is 19.1 Å². The standard InChI is InChI=1S/C12H18N4O3.ClH/c1-9(13)8-12(17)15-7-6-14-10-2-4-11(5-3-10)16(18)19;/h2-5,9,14H,6-8,13H2,1H3,(H,15,17);1H. The summed E-state index contributed by atoms with van der Waals surface area (Å²) in [6.07, 6.45) is 0.303. The second-order valence-corrected chi connectivity index (χ2v) is 4.26. The van der Waals surface area contributed by atoms with Crippen LogP contribution in [0.5, 0.6) is 0 Å². The summed E-state index contributed by atoms with van der Waals surface area (Å²) in [7, 11) is 0. The lowest BCUT2D eigenvalue weighted by atomic mass is 10.2. The number of hydrogen-bond acceptors (Lipinski definition) is 5. The molecular weight excluding hydrogens is 284 g/mol. The third-order valence-corrected chi connectivity index (χ3v) is 2.36. The summed E-state index contributed by atoms with van der Waals surface area (Å²) in [6.45, 7) is 2.79. The van der Waals surface area contributed by atoms with Crippen LogP contribution in [0.2, 0.25) is 0 Å². The number of rotatable bonds is 7. The molecule has 1 amide bonds. The van der Waals surface area contributed by atoms with E-state index in [0.717, 1.165) is 5.69 Å². The van der Waals surface area contributed by atoms with Crippen molar-refractivity contribution in [2.24, 2.45) is 5.73 Å². The molecule has 0 aliphatic rings. The summed E-state index contributed by atoms with van der Waals surface area (Å²) >= 11 is 0. The summed E-state index contributed by atoms with van der Waals surface area (Å²) in [5.74, 6) is -0.0829. The number of nitro groups is 1. The van der Waals surface area contributed by atoms with E-state index in [1.807, 2.05) is 0 Å². The first-order chi connectivity index (χ1) is 8.99. The molecule has 8 heteroatoms. The number of nitrogens with one attached hydrogen (secondary N) is 2. The quantitative estimate of drug-likeness (QED) is 0.399. The van der Waals surface area contributed by atoms with E-state index >= 15 is 0 Å². The van der Waals surface area contributed by atoms with Gasteiger partial charge in [0.15, 0.2) is 0 Å². The number of non-ortho nitro benzene ring substituents is 1. The number of benzene rings is 1. The van der Waals surface area contributed by atoms with Crippen LogP contribution in [-0.2, 0) is 4.79 Å². The molecule has 1 unspecified atom stereocenters. The van der Waals surface area contributed by atoms with Crippen molar-refractivity contribution in [3.63, 3.8) is 0 Å². The molecule has 0 bridgehead atoms. The molecule has 0 aliphatic heterocycles. The molecule has 7 nitrogen and oxygen atoms in total. The van der Waals surface area contributed by atoms with Gasteiger partial charge in [-0.05, 0) is 19.1 Å². The van der Waals surface area contributed by atoms with Gasteiger partial charge in [0, 0.05) is 43.4 Å². The van der Waals surface area contributed by atoms with Crippen LogP contribution in [0.15, 0.2) is 24.3 Å². The first kappa shape index (κ1) is 18.1. The molecule has 112 valence electrons. The minimum absolute atomic E-state index is 0. The third kappa shape index (κ3) is 6.91. The molecule has 1 rings (SSSR count). The topological polar surface area (TPSA) is 110 Å². The van der Waals surface area contributed by atoms with Crippen molar-refractivity contribution in [2.45, 2.75) is 19.4 Å². The smallest absolute Gasteiger partial charge is 0.269 e. The molecule has 0 spiro atoms. The van der Waals surface area contributed by atoms with E-state index < -0.39 is 4.92 Å². The van der Waals surface area contributed by atoms with Gasteiger partial charge in [0.05, 0.1) is 4.92 Å². The molecule has 0 radical (unpaired) electrons. The monoisotopic (exact) mass is 302 g/mol. The summed E-state index contributed by atoms with van der Waals surface area (Å²) in [5.41, 5.74) is 6.32. The molecule has 20 heavy (non-hydrogen) atoms. The van der Waals surface area contributed by atoms with E-state index in [-0.39, 0.29) is 30.0 Å². The average molecular weight is 303 g/mol. The lowest BCUT2D eigenvalue weighted by molar-refractivity contribution is -0.384. The highest BCUT2D eigenvalue weighted by Gasteiger charge is 2.05. The zero-order valence-electron chi connectivity index (χ0n) is 11.2. The third-order valence-electron chi connectivity index (χ3n) is 2.36. The van der Waals surface area contributed by atoms with Gasteiger partial charge < -0.3 is 16.4 Å². The zero-order chi connectivity index (χ0) is 14.3. The fourth-order valence-electron chi connectivity index (χ4n) is 1.47. The molecule has 1 aromatic rings. The number of anilines is 1. The highest BCUT2D eigenvalue weighted by molar-refractivity contribution is 5.85. The molecule has 1 aromatic carbocycles. The number of hydrogen-bond donors (Lipinski definition) is 3. The number of nitrogens with zero attached hydrogens (tertiary/aromatic N) is 1. The predicted molar refractivity (Wildman–Crippen MR) is 80.1 cm³/mol. The average Bonchev–Trinajstić information content (AvgIpc) is 2.34. The number of nitro benzene ring substituents is 1. The summed E-state index contributed by atoms with van der Waals surface area (Å²) in [5, 5.41) is 16.2. The fourth-order valence-corrected chi connectivity index (χ4v) is 1.47. The SMILES string of the molecule is CC(N)CC(=O)NCCNc1ccc([N+](=O)[O-])cc1.Cl. The van der Waals surface area contributed by atoms with E-state index in [9.17, 15) is 14.9 Å². The second kappa shape index (κ2) is 9.11. The van der Waals surface area contributed by atoms with Crippen molar-refractivity contribution < 1.29 is 9.72 Å². The Bertz CT molecular complexity index is 437. The number of nitrogens with two attached hydrogens (primary N) is 1. The number of carbonyl (C=O) groups is 1. The van der Waals surface area contributed by atoms with Gasteiger partial charge in [0.25, 0.3) is 5.69 Å². The molecule has 4 N–H and O–H groups in total. The van der Waals surface area contributed by atoms with Gasteiger partial charge in [-0.3, -0.25) is 14.9 Å². The first-order valence-corrected chi connectivity index (χ1v) is 5.99. The van der Waals surface area contributed by atoms with Crippen LogP contribution in [-0.4, -0.2) is 30.0 Å². The Labute approximate surface area is 123 Å². The van der Waals surface area contributed by atoms with Crippen LogP contribution < -0.4 is 16.4 Å². The maximum atomic E-state index is 11.3. The Morgan fingerprint density at radius 1 is 1.35 bits per heavy atom. The molecule has 0 saturated heterocycles. The van der Waals surface area contributed by atoms with Crippen molar-refractivity contribution in [3.05, 3.63) is 34.4 Å². The Hall–Kier alpha value is -1.86. The van der Waals surface area contributed by atoms with Crippen molar-refractivity contribution in [1.82, 2.24) is 5.32 Å². The number of halogens is 1. The fraction of sp³-hybridized carbons (Fsp3) is 0.417. The van der Waals surface area contributed by atoms with Gasteiger partial charge in [0.1, 0.15) is 0 Å². The molecule has 0 aliphatic carbocycles. The Morgan fingerprint density at radius 3 is 2.45 bits per heavy atom. The minimum atomic E-state index is -0.446. The Kier molecular flexibility index (Phi) is 8.26. The van der Waals surface area contributed by atoms with Crippen LogP contribution in [0.25, 0.3) is 0 Å². The largest absolute Gasteiger partial charge is 0.383 e. The van der Waals surface area contributed by atoms with Gasteiger partial charge in [-0.2, -0.15) is 0 Å². The Morgan fingerprint density at radius 2 is 1.95 bits per heavy atom. The van der Waals surface area contributed by atoms with E-state index in [0.29, 0.717) is 19.5 Å². The summed E-state index contributed by atoms with van der Waals surface area (Å²) < 4.78 is 0. The van der Waals surface area contributed by atoms with Gasteiger partial charge >= 0.3 is 0 Å². The molecule has 1 atom stereocenters.